The van der Waals surface area contributed by atoms with Gasteiger partial charge in [-0.05, 0) is 12.5 Å². The van der Waals surface area contributed by atoms with E-state index < -0.39 is 16.3 Å². The lowest BCUT2D eigenvalue weighted by Gasteiger charge is -2.46. The first kappa shape index (κ1) is 22.9. The molecule has 0 bridgehead atoms. The van der Waals surface area contributed by atoms with Gasteiger partial charge in [-0.25, -0.2) is 14.8 Å². The molecule has 0 aliphatic heterocycles. The lowest BCUT2D eigenvalue weighted by atomic mass is 9.94. The van der Waals surface area contributed by atoms with Gasteiger partial charge in [0.25, 0.3) is 0 Å². The van der Waals surface area contributed by atoms with E-state index in [1.54, 1.807) is 25.8 Å². The topological polar surface area (TPSA) is 60.9 Å². The summed E-state index contributed by atoms with van der Waals surface area (Å²) in [6.07, 6.45) is 0. The van der Waals surface area contributed by atoms with Crippen LogP contribution >= 0.6 is 24.4 Å². The smallest absolute Gasteiger partial charge is 0.341 e. The van der Waals surface area contributed by atoms with Crippen molar-refractivity contribution in [2.24, 2.45) is 5.41 Å². The highest BCUT2D eigenvalue weighted by molar-refractivity contribution is 8.00. The average Bonchev–Trinajstić information content (AvgIpc) is 2.64. The highest BCUT2D eigenvalue weighted by Crippen LogP contribution is 2.37. The molecule has 1 unspecified atom stereocenters. The SMILES string of the molecule is CCN(CC)N(C(=O)C(C)(C)CS)C(C)(SCc1ccccc1)C(=O)O. The van der Waals surface area contributed by atoms with Crippen molar-refractivity contribution in [1.82, 2.24) is 10.0 Å². The summed E-state index contributed by atoms with van der Waals surface area (Å²) >= 11 is 5.54. The second-order valence-corrected chi connectivity index (χ2v) is 8.55. The van der Waals surface area contributed by atoms with Gasteiger partial charge in [0.1, 0.15) is 0 Å². The van der Waals surface area contributed by atoms with Crippen molar-refractivity contribution in [3.8, 4) is 0 Å². The maximum atomic E-state index is 13.3. The van der Waals surface area contributed by atoms with Crippen LogP contribution in [-0.4, -0.2) is 50.7 Å². The summed E-state index contributed by atoms with van der Waals surface area (Å²) in [7, 11) is 0. The molecule has 7 heteroatoms. The predicted octanol–water partition coefficient (Wildman–Crippen LogP) is 3.76. The number of nitrogens with zero attached hydrogens (tertiary/aromatic N) is 2. The molecule has 1 N–H and O–H groups in total. The normalized spacial score (nSPS) is 14.1. The van der Waals surface area contributed by atoms with Crippen molar-refractivity contribution < 1.29 is 14.7 Å². The summed E-state index contributed by atoms with van der Waals surface area (Å²) in [6.45, 7) is 10.1. The monoisotopic (exact) mass is 398 g/mol. The van der Waals surface area contributed by atoms with Gasteiger partial charge >= 0.3 is 5.97 Å². The van der Waals surface area contributed by atoms with Crippen molar-refractivity contribution in [2.75, 3.05) is 18.8 Å². The molecule has 146 valence electrons. The number of amides is 1. The van der Waals surface area contributed by atoms with E-state index in [0.29, 0.717) is 24.6 Å². The van der Waals surface area contributed by atoms with Gasteiger partial charge < -0.3 is 5.11 Å². The molecule has 0 fully saturated rings. The highest BCUT2D eigenvalue weighted by Gasteiger charge is 2.49. The number of carboxylic acids is 1. The summed E-state index contributed by atoms with van der Waals surface area (Å²) in [4.78, 5) is 24.1. The molecule has 0 spiro atoms. The Balaban J connectivity index is 3.29. The fourth-order valence-electron chi connectivity index (χ4n) is 2.46. The van der Waals surface area contributed by atoms with Crippen molar-refractivity contribution in [3.63, 3.8) is 0 Å². The Morgan fingerprint density at radius 3 is 2.08 bits per heavy atom. The maximum absolute atomic E-state index is 13.3. The minimum Gasteiger partial charge on any atom is -0.479 e. The second-order valence-electron chi connectivity index (χ2n) is 6.86. The number of benzene rings is 1. The lowest BCUT2D eigenvalue weighted by Crippen LogP contribution is -2.63. The molecule has 0 aliphatic carbocycles. The van der Waals surface area contributed by atoms with E-state index in [0.717, 1.165) is 5.56 Å². The van der Waals surface area contributed by atoms with E-state index in [1.165, 1.54) is 16.8 Å². The third kappa shape index (κ3) is 5.18. The molecule has 0 saturated carbocycles. The van der Waals surface area contributed by atoms with Gasteiger partial charge in [-0.2, -0.15) is 12.6 Å². The van der Waals surface area contributed by atoms with Gasteiger partial charge in [-0.15, -0.1) is 11.8 Å². The zero-order valence-corrected chi connectivity index (χ0v) is 17.9. The van der Waals surface area contributed by atoms with Gasteiger partial charge in [0, 0.05) is 24.6 Å². The van der Waals surface area contributed by atoms with Crippen LogP contribution in [0, 0.1) is 5.41 Å². The van der Waals surface area contributed by atoms with Crippen LogP contribution in [0.3, 0.4) is 0 Å². The zero-order chi connectivity index (χ0) is 20.0. The summed E-state index contributed by atoms with van der Waals surface area (Å²) in [5.74, 6) is -0.436. The molecule has 0 aliphatic rings. The molecule has 1 amide bonds. The first-order chi connectivity index (χ1) is 12.1. The molecule has 0 heterocycles. The molecular formula is C19H30N2O3S2. The molecule has 0 radical (unpaired) electrons. The minimum atomic E-state index is -1.42. The van der Waals surface area contributed by atoms with Crippen LogP contribution in [0.25, 0.3) is 0 Å². The number of aliphatic carboxylic acids is 1. The maximum Gasteiger partial charge on any atom is 0.341 e. The predicted molar refractivity (Wildman–Crippen MR) is 111 cm³/mol. The third-order valence-electron chi connectivity index (χ3n) is 4.34. The van der Waals surface area contributed by atoms with Crippen molar-refractivity contribution in [3.05, 3.63) is 35.9 Å². The molecule has 1 rings (SSSR count). The van der Waals surface area contributed by atoms with Crippen LogP contribution in [0.15, 0.2) is 30.3 Å². The summed E-state index contributed by atoms with van der Waals surface area (Å²) in [6, 6.07) is 9.68. The molecule has 1 aromatic carbocycles. The Morgan fingerprint density at radius 1 is 1.12 bits per heavy atom. The van der Waals surface area contributed by atoms with Gasteiger partial charge in [-0.1, -0.05) is 58.0 Å². The Kier molecular flexibility index (Phi) is 8.50. The highest BCUT2D eigenvalue weighted by atomic mass is 32.2. The quantitative estimate of drug-likeness (QED) is 0.357. The van der Waals surface area contributed by atoms with Gasteiger partial charge in [0.15, 0.2) is 4.87 Å². The standard InChI is InChI=1S/C19H30N2O3S2/c1-6-20(7-2)21(16(22)18(3,4)14-25)19(5,17(23)24)26-13-15-11-9-8-10-12-15/h8-12,25H,6-7,13-14H2,1-5H3,(H,23,24). The average molecular weight is 399 g/mol. The number of thioether (sulfide) groups is 1. The Hall–Kier alpha value is -1.18. The van der Waals surface area contributed by atoms with Gasteiger partial charge in [0.05, 0.1) is 5.41 Å². The van der Waals surface area contributed by atoms with Crippen LogP contribution in [0.1, 0.15) is 40.2 Å². The zero-order valence-electron chi connectivity index (χ0n) is 16.2. The minimum absolute atomic E-state index is 0.235. The summed E-state index contributed by atoms with van der Waals surface area (Å²) in [5.41, 5.74) is 0.251. The molecule has 5 nitrogen and oxygen atoms in total. The van der Waals surface area contributed by atoms with Crippen molar-refractivity contribution >= 4 is 36.3 Å². The number of hydrazine groups is 1. The molecular weight excluding hydrogens is 368 g/mol. The van der Waals surface area contributed by atoms with E-state index in [1.807, 2.05) is 44.2 Å². The fraction of sp³-hybridized carbons (Fsp3) is 0.579. The van der Waals surface area contributed by atoms with Crippen LogP contribution < -0.4 is 0 Å². The van der Waals surface area contributed by atoms with Gasteiger partial charge in [-0.3, -0.25) is 4.79 Å². The molecule has 26 heavy (non-hydrogen) atoms. The number of carboxylic acid groups (broad SMARTS) is 1. The Labute approximate surface area is 166 Å². The fourth-order valence-corrected chi connectivity index (χ4v) is 3.68. The van der Waals surface area contributed by atoms with Crippen LogP contribution in [0.5, 0.6) is 0 Å². The largest absolute Gasteiger partial charge is 0.479 e. The number of rotatable bonds is 10. The molecule has 1 atom stereocenters. The van der Waals surface area contributed by atoms with Crippen LogP contribution in [0.2, 0.25) is 0 Å². The first-order valence-electron chi connectivity index (χ1n) is 8.75. The number of carbonyl (C=O) groups is 2. The second kappa shape index (κ2) is 9.67. The summed E-state index contributed by atoms with van der Waals surface area (Å²) < 4.78 is 0. The van der Waals surface area contributed by atoms with Crippen LogP contribution in [0.4, 0.5) is 0 Å². The van der Waals surface area contributed by atoms with E-state index >= 15 is 0 Å². The van der Waals surface area contributed by atoms with Crippen LogP contribution in [-0.2, 0) is 15.3 Å². The Bertz CT molecular complexity index is 606. The van der Waals surface area contributed by atoms with Crippen molar-refractivity contribution in [2.45, 2.75) is 45.2 Å². The number of hydrogen-bond donors (Lipinski definition) is 2. The number of thiol groups is 1. The lowest BCUT2D eigenvalue weighted by molar-refractivity contribution is -0.176. The number of carbonyl (C=O) groups excluding carboxylic acids is 1. The van der Waals surface area contributed by atoms with Crippen molar-refractivity contribution in [1.29, 1.82) is 0 Å². The number of hydrogen-bond acceptors (Lipinski definition) is 5. The molecule has 0 aromatic heterocycles. The summed E-state index contributed by atoms with van der Waals surface area (Å²) in [5, 5.41) is 13.3. The van der Waals surface area contributed by atoms with E-state index in [2.05, 4.69) is 12.6 Å². The molecule has 0 saturated heterocycles. The van der Waals surface area contributed by atoms with E-state index in [-0.39, 0.29) is 5.91 Å². The van der Waals surface area contributed by atoms with E-state index in [9.17, 15) is 14.7 Å². The third-order valence-corrected chi connectivity index (χ3v) is 6.52. The molecule has 1 aromatic rings. The van der Waals surface area contributed by atoms with Gasteiger partial charge in [0.2, 0.25) is 5.91 Å². The Morgan fingerprint density at radius 2 is 1.65 bits per heavy atom. The first-order valence-corrected chi connectivity index (χ1v) is 10.4. The van der Waals surface area contributed by atoms with E-state index in [4.69, 9.17) is 0 Å².